The molecule has 1 amide bonds. The van der Waals surface area contributed by atoms with E-state index in [0.717, 1.165) is 13.2 Å². The zero-order chi connectivity index (χ0) is 14.4. The number of carbonyl (C=O) groups is 2. The van der Waals surface area contributed by atoms with Crippen molar-refractivity contribution in [2.24, 2.45) is 0 Å². The molecule has 0 saturated heterocycles. The number of hydrogen-bond acceptors (Lipinski definition) is 4. The highest BCUT2D eigenvalue weighted by atomic mass is 19.1. The summed E-state index contributed by atoms with van der Waals surface area (Å²) in [6.45, 7) is 1.58. The van der Waals surface area contributed by atoms with Crippen LogP contribution in [0.4, 0.5) is 10.1 Å². The molecule has 0 aliphatic rings. The summed E-state index contributed by atoms with van der Waals surface area (Å²) in [5, 5.41) is 11.6. The smallest absolute Gasteiger partial charge is 0.340 e. The van der Waals surface area contributed by atoms with Crippen molar-refractivity contribution in [3.63, 3.8) is 0 Å². The van der Waals surface area contributed by atoms with Crippen molar-refractivity contribution >= 4 is 17.6 Å². The number of amides is 1. The molecule has 0 spiro atoms. The Morgan fingerprint density at radius 1 is 1.47 bits per heavy atom. The first-order valence-electron chi connectivity index (χ1n) is 5.79. The Kier molecular flexibility index (Phi) is 5.44. The first-order chi connectivity index (χ1) is 8.93. The van der Waals surface area contributed by atoms with Gasteiger partial charge in [0, 0.05) is 12.1 Å². The van der Waals surface area contributed by atoms with Crippen LogP contribution in [0.3, 0.4) is 0 Å². The first-order valence-corrected chi connectivity index (χ1v) is 5.79. The Bertz CT molecular complexity index is 474. The van der Waals surface area contributed by atoms with Crippen molar-refractivity contribution in [1.82, 2.24) is 0 Å². The average molecular weight is 269 g/mol. The Labute approximate surface area is 110 Å². The third-order valence-electron chi connectivity index (χ3n) is 2.44. The summed E-state index contributed by atoms with van der Waals surface area (Å²) in [6, 6.07) is 3.64. The maximum absolute atomic E-state index is 13.4. The van der Waals surface area contributed by atoms with E-state index in [9.17, 15) is 14.0 Å². The van der Waals surface area contributed by atoms with E-state index >= 15 is 0 Å². The minimum absolute atomic E-state index is 0.141. The molecule has 6 heteroatoms. The number of aliphatic hydroxyl groups is 1. The molecule has 0 aliphatic carbocycles. The summed E-state index contributed by atoms with van der Waals surface area (Å²) in [4.78, 5) is 22.8. The van der Waals surface area contributed by atoms with Gasteiger partial charge in [0.15, 0.2) is 0 Å². The van der Waals surface area contributed by atoms with Crippen LogP contribution in [0, 0.1) is 5.82 Å². The molecule has 1 unspecified atom stereocenters. The van der Waals surface area contributed by atoms with Gasteiger partial charge in [-0.3, -0.25) is 4.79 Å². The molecule has 19 heavy (non-hydrogen) atoms. The summed E-state index contributed by atoms with van der Waals surface area (Å²) in [5.41, 5.74) is 0.0632. The normalized spacial score (nSPS) is 11.8. The van der Waals surface area contributed by atoms with E-state index in [1.54, 1.807) is 6.92 Å². The van der Waals surface area contributed by atoms with Gasteiger partial charge in [-0.05, 0) is 31.5 Å². The number of ether oxygens (including phenoxy) is 1. The van der Waals surface area contributed by atoms with Gasteiger partial charge in [0.25, 0.3) is 0 Å². The largest absolute Gasteiger partial charge is 0.465 e. The van der Waals surface area contributed by atoms with Crippen LogP contribution in [0.25, 0.3) is 0 Å². The van der Waals surface area contributed by atoms with E-state index < -0.39 is 17.9 Å². The predicted octanol–water partition coefficient (Wildman–Crippen LogP) is 1.71. The molecule has 1 atom stereocenters. The minimum Gasteiger partial charge on any atom is -0.465 e. The van der Waals surface area contributed by atoms with Crippen LogP contribution in [0.1, 0.15) is 30.1 Å². The zero-order valence-corrected chi connectivity index (χ0v) is 10.8. The second-order valence-corrected chi connectivity index (χ2v) is 4.12. The Morgan fingerprint density at radius 2 is 2.16 bits per heavy atom. The highest BCUT2D eigenvalue weighted by Crippen LogP contribution is 2.16. The predicted molar refractivity (Wildman–Crippen MR) is 67.3 cm³/mol. The molecule has 1 aromatic carbocycles. The number of nitrogens with one attached hydrogen (secondary N) is 1. The lowest BCUT2D eigenvalue weighted by molar-refractivity contribution is -0.116. The van der Waals surface area contributed by atoms with Gasteiger partial charge in [0.1, 0.15) is 5.82 Å². The van der Waals surface area contributed by atoms with Crippen LogP contribution in [-0.2, 0) is 9.53 Å². The molecule has 0 aromatic heterocycles. The standard InChI is InChI=1S/C13H16FNO4/c1-8(16)3-6-12(17)15-9-4-5-11(14)10(7-9)13(18)19-2/h4-5,7-8,16H,3,6H2,1-2H3,(H,15,17). The van der Waals surface area contributed by atoms with Gasteiger partial charge in [-0.15, -0.1) is 0 Å². The maximum atomic E-state index is 13.4. The summed E-state index contributed by atoms with van der Waals surface area (Å²) < 4.78 is 17.8. The van der Waals surface area contributed by atoms with E-state index in [2.05, 4.69) is 10.1 Å². The highest BCUT2D eigenvalue weighted by molar-refractivity contribution is 5.94. The number of hydrogen-bond donors (Lipinski definition) is 2. The number of aliphatic hydroxyl groups excluding tert-OH is 1. The van der Waals surface area contributed by atoms with Crippen LogP contribution >= 0.6 is 0 Å². The zero-order valence-electron chi connectivity index (χ0n) is 10.8. The van der Waals surface area contributed by atoms with Gasteiger partial charge >= 0.3 is 5.97 Å². The molecule has 0 bridgehead atoms. The summed E-state index contributed by atoms with van der Waals surface area (Å²) in [5.74, 6) is -1.84. The van der Waals surface area contributed by atoms with E-state index in [1.165, 1.54) is 12.1 Å². The number of methoxy groups -OCH3 is 1. The Hall–Kier alpha value is -1.95. The minimum atomic E-state index is -0.808. The van der Waals surface area contributed by atoms with E-state index in [-0.39, 0.29) is 17.9 Å². The SMILES string of the molecule is COC(=O)c1cc(NC(=O)CCC(C)O)ccc1F. The summed E-state index contributed by atoms with van der Waals surface area (Å²) in [6.07, 6.45) is -0.0935. The third kappa shape index (κ3) is 4.67. The van der Waals surface area contributed by atoms with Gasteiger partial charge in [0.2, 0.25) is 5.91 Å². The monoisotopic (exact) mass is 269 g/mol. The number of rotatable bonds is 5. The van der Waals surface area contributed by atoms with Gasteiger partial charge in [-0.1, -0.05) is 0 Å². The van der Waals surface area contributed by atoms with Gasteiger partial charge < -0.3 is 15.2 Å². The van der Waals surface area contributed by atoms with Crippen LogP contribution in [0.5, 0.6) is 0 Å². The second kappa shape index (κ2) is 6.84. The summed E-state index contributed by atoms with van der Waals surface area (Å²) in [7, 11) is 1.15. The fraction of sp³-hybridized carbons (Fsp3) is 0.385. The molecule has 0 radical (unpaired) electrons. The average Bonchev–Trinajstić information content (AvgIpc) is 2.37. The number of carbonyl (C=O) groups excluding carboxylic acids is 2. The first kappa shape index (κ1) is 15.1. The van der Waals surface area contributed by atoms with Gasteiger partial charge in [-0.25, -0.2) is 9.18 Å². The number of anilines is 1. The lowest BCUT2D eigenvalue weighted by Gasteiger charge is -2.08. The number of halogens is 1. The van der Waals surface area contributed by atoms with Crippen LogP contribution in [0.15, 0.2) is 18.2 Å². The summed E-state index contributed by atoms with van der Waals surface area (Å²) >= 11 is 0. The molecule has 0 aliphatic heterocycles. The molecule has 0 fully saturated rings. The molecule has 5 nitrogen and oxygen atoms in total. The fourth-order valence-corrected chi connectivity index (χ4v) is 1.43. The van der Waals surface area contributed by atoms with Crippen molar-refractivity contribution in [2.45, 2.75) is 25.9 Å². The topological polar surface area (TPSA) is 75.6 Å². The highest BCUT2D eigenvalue weighted by Gasteiger charge is 2.13. The van der Waals surface area contributed by atoms with E-state index in [0.29, 0.717) is 12.1 Å². The maximum Gasteiger partial charge on any atom is 0.340 e. The lowest BCUT2D eigenvalue weighted by Crippen LogP contribution is -2.15. The van der Waals surface area contributed by atoms with E-state index in [4.69, 9.17) is 5.11 Å². The lowest BCUT2D eigenvalue weighted by atomic mass is 10.1. The molecule has 0 saturated carbocycles. The van der Waals surface area contributed by atoms with Gasteiger partial charge in [-0.2, -0.15) is 0 Å². The molecule has 0 heterocycles. The van der Waals surface area contributed by atoms with E-state index in [1.807, 2.05) is 0 Å². The molecule has 2 N–H and O–H groups in total. The third-order valence-corrected chi connectivity index (χ3v) is 2.44. The van der Waals surface area contributed by atoms with Gasteiger partial charge in [0.05, 0.1) is 18.8 Å². The fourth-order valence-electron chi connectivity index (χ4n) is 1.43. The van der Waals surface area contributed by atoms with Crippen molar-refractivity contribution in [2.75, 3.05) is 12.4 Å². The van der Waals surface area contributed by atoms with Crippen molar-refractivity contribution < 1.29 is 23.8 Å². The van der Waals surface area contributed by atoms with Crippen LogP contribution in [0.2, 0.25) is 0 Å². The molecule has 104 valence electrons. The Morgan fingerprint density at radius 3 is 2.74 bits per heavy atom. The number of benzene rings is 1. The molecule has 1 aromatic rings. The molecular formula is C13H16FNO4. The van der Waals surface area contributed by atoms with Crippen molar-refractivity contribution in [1.29, 1.82) is 0 Å². The number of esters is 1. The molecular weight excluding hydrogens is 253 g/mol. The quantitative estimate of drug-likeness (QED) is 0.798. The molecule has 1 rings (SSSR count). The van der Waals surface area contributed by atoms with Crippen LogP contribution in [-0.4, -0.2) is 30.2 Å². The Balaban J connectivity index is 2.74. The second-order valence-electron chi connectivity index (χ2n) is 4.12. The van der Waals surface area contributed by atoms with Crippen molar-refractivity contribution in [3.8, 4) is 0 Å². The van der Waals surface area contributed by atoms with Crippen molar-refractivity contribution in [3.05, 3.63) is 29.6 Å². The van der Waals surface area contributed by atoms with Crippen LogP contribution < -0.4 is 5.32 Å².